The number of amides is 1. The number of nitrogens with zero attached hydrogens (tertiary/aromatic N) is 1. The molecule has 1 N–H and O–H groups in total. The molecule has 1 heterocycles. The fourth-order valence-electron chi connectivity index (χ4n) is 2.83. The summed E-state index contributed by atoms with van der Waals surface area (Å²) in [5, 5.41) is 10.2. The molecule has 1 aromatic rings. The monoisotopic (exact) mass is 261 g/mol. The lowest BCUT2D eigenvalue weighted by Crippen LogP contribution is -2.23. The van der Waals surface area contributed by atoms with Gasteiger partial charge in [0.15, 0.2) is 0 Å². The number of carbonyl (C=O) groups excluding carboxylic acids is 1. The van der Waals surface area contributed by atoms with Crippen molar-refractivity contribution in [1.82, 2.24) is 0 Å². The molecule has 104 valence electrons. The summed E-state index contributed by atoms with van der Waals surface area (Å²) in [6.07, 6.45) is 1.11. The highest BCUT2D eigenvalue weighted by molar-refractivity contribution is 6.04. The maximum Gasteiger partial charge on any atom is 0.234 e. The van der Waals surface area contributed by atoms with E-state index in [-0.39, 0.29) is 11.8 Å². The quantitative estimate of drug-likeness (QED) is 0.904. The van der Waals surface area contributed by atoms with Crippen molar-refractivity contribution in [3.8, 4) is 0 Å². The number of hydrogen-bond donors (Lipinski definition) is 1. The summed E-state index contributed by atoms with van der Waals surface area (Å²) in [6, 6.07) is 5.91. The molecule has 0 aromatic heterocycles. The second kappa shape index (κ2) is 5.33. The Morgan fingerprint density at radius 1 is 1.37 bits per heavy atom. The summed E-state index contributed by atoms with van der Waals surface area (Å²) in [5.41, 5.74) is 2.97. The molecule has 0 saturated carbocycles. The van der Waals surface area contributed by atoms with Crippen LogP contribution in [0.3, 0.4) is 0 Å². The summed E-state index contributed by atoms with van der Waals surface area (Å²) in [7, 11) is 1.82. The zero-order chi connectivity index (χ0) is 14.2. The molecule has 1 amide bonds. The van der Waals surface area contributed by atoms with Crippen LogP contribution in [-0.4, -0.2) is 18.1 Å². The Balaban J connectivity index is 2.34. The first kappa shape index (κ1) is 14.1. The zero-order valence-electron chi connectivity index (χ0n) is 12.2. The summed E-state index contributed by atoms with van der Waals surface area (Å²) >= 11 is 0. The number of rotatable bonds is 4. The van der Waals surface area contributed by atoms with Crippen LogP contribution in [0.2, 0.25) is 0 Å². The predicted octanol–water partition coefficient (Wildman–Crippen LogP) is 3.24. The van der Waals surface area contributed by atoms with Gasteiger partial charge in [0.05, 0.1) is 12.0 Å². The number of hydrogen-bond acceptors (Lipinski definition) is 2. The van der Waals surface area contributed by atoms with E-state index in [4.69, 9.17) is 0 Å². The van der Waals surface area contributed by atoms with Crippen molar-refractivity contribution in [3.05, 3.63) is 29.3 Å². The first-order chi connectivity index (χ1) is 8.95. The SMILES string of the molecule is CCC1C(=O)N(C)c2ccc(C(O)CC(C)C)cc21. The molecule has 2 rings (SSSR count). The van der Waals surface area contributed by atoms with Gasteiger partial charge >= 0.3 is 0 Å². The smallest absolute Gasteiger partial charge is 0.234 e. The van der Waals surface area contributed by atoms with Crippen molar-refractivity contribution < 1.29 is 9.90 Å². The second-order valence-corrected chi connectivity index (χ2v) is 5.82. The topological polar surface area (TPSA) is 40.5 Å². The Morgan fingerprint density at radius 3 is 2.63 bits per heavy atom. The molecule has 0 aliphatic carbocycles. The van der Waals surface area contributed by atoms with E-state index in [1.807, 2.05) is 32.2 Å². The molecule has 1 aromatic carbocycles. The first-order valence-electron chi connectivity index (χ1n) is 7.05. The molecule has 0 saturated heterocycles. The van der Waals surface area contributed by atoms with Gasteiger partial charge in [0, 0.05) is 12.7 Å². The van der Waals surface area contributed by atoms with E-state index in [0.717, 1.165) is 29.7 Å². The Labute approximate surface area is 115 Å². The fraction of sp³-hybridized carbons (Fsp3) is 0.562. The highest BCUT2D eigenvalue weighted by Gasteiger charge is 2.34. The minimum Gasteiger partial charge on any atom is -0.388 e. The van der Waals surface area contributed by atoms with Crippen LogP contribution in [0.15, 0.2) is 18.2 Å². The molecule has 0 radical (unpaired) electrons. The Kier molecular flexibility index (Phi) is 3.95. The van der Waals surface area contributed by atoms with Crippen molar-refractivity contribution in [2.24, 2.45) is 5.92 Å². The minimum atomic E-state index is -0.441. The van der Waals surface area contributed by atoms with Gasteiger partial charge in [0.25, 0.3) is 0 Å². The number of aliphatic hydroxyl groups is 1. The van der Waals surface area contributed by atoms with Gasteiger partial charge < -0.3 is 10.0 Å². The Morgan fingerprint density at radius 2 is 2.05 bits per heavy atom. The normalized spacial score (nSPS) is 20.0. The van der Waals surface area contributed by atoms with E-state index in [1.54, 1.807) is 4.90 Å². The van der Waals surface area contributed by atoms with Crippen LogP contribution < -0.4 is 4.90 Å². The third-order valence-corrected chi connectivity index (χ3v) is 3.90. The molecular weight excluding hydrogens is 238 g/mol. The predicted molar refractivity (Wildman–Crippen MR) is 77.3 cm³/mol. The van der Waals surface area contributed by atoms with Crippen LogP contribution in [-0.2, 0) is 4.79 Å². The largest absolute Gasteiger partial charge is 0.388 e. The lowest BCUT2D eigenvalue weighted by atomic mass is 9.93. The average Bonchev–Trinajstić information content (AvgIpc) is 2.60. The van der Waals surface area contributed by atoms with Gasteiger partial charge in [-0.25, -0.2) is 0 Å². The third kappa shape index (κ3) is 2.52. The fourth-order valence-corrected chi connectivity index (χ4v) is 2.83. The van der Waals surface area contributed by atoms with Gasteiger partial charge in [-0.3, -0.25) is 4.79 Å². The number of fused-ring (bicyclic) bond motifs is 1. The van der Waals surface area contributed by atoms with E-state index in [0.29, 0.717) is 5.92 Å². The molecule has 2 atom stereocenters. The summed E-state index contributed by atoms with van der Waals surface area (Å²) < 4.78 is 0. The number of anilines is 1. The first-order valence-corrected chi connectivity index (χ1v) is 7.05. The van der Waals surface area contributed by atoms with Crippen LogP contribution in [0.1, 0.15) is 56.8 Å². The zero-order valence-corrected chi connectivity index (χ0v) is 12.2. The average molecular weight is 261 g/mol. The van der Waals surface area contributed by atoms with Gasteiger partial charge in [0.1, 0.15) is 0 Å². The van der Waals surface area contributed by atoms with Crippen LogP contribution >= 0.6 is 0 Å². The Bertz CT molecular complexity index is 482. The molecule has 3 nitrogen and oxygen atoms in total. The van der Waals surface area contributed by atoms with Crippen LogP contribution in [0.25, 0.3) is 0 Å². The van der Waals surface area contributed by atoms with Crippen LogP contribution in [0, 0.1) is 5.92 Å². The lowest BCUT2D eigenvalue weighted by molar-refractivity contribution is -0.119. The third-order valence-electron chi connectivity index (χ3n) is 3.90. The molecule has 3 heteroatoms. The highest BCUT2D eigenvalue weighted by atomic mass is 16.3. The Hall–Kier alpha value is -1.35. The van der Waals surface area contributed by atoms with Crippen molar-refractivity contribution in [2.45, 2.75) is 45.6 Å². The van der Waals surface area contributed by atoms with Crippen molar-refractivity contribution in [2.75, 3.05) is 11.9 Å². The number of carbonyl (C=O) groups is 1. The van der Waals surface area contributed by atoms with Crippen LogP contribution in [0.5, 0.6) is 0 Å². The standard InChI is InChI=1S/C16H23NO2/c1-5-12-13-9-11(15(18)8-10(2)3)6-7-14(13)17(4)16(12)19/h6-7,9-10,12,15,18H,5,8H2,1-4H3. The van der Waals surface area contributed by atoms with Gasteiger partial charge in [-0.05, 0) is 36.0 Å². The molecule has 0 bridgehead atoms. The van der Waals surface area contributed by atoms with E-state index < -0.39 is 6.10 Å². The molecule has 1 aliphatic heterocycles. The van der Waals surface area contributed by atoms with Gasteiger partial charge in [-0.15, -0.1) is 0 Å². The van der Waals surface area contributed by atoms with Crippen molar-refractivity contribution >= 4 is 11.6 Å². The molecule has 2 unspecified atom stereocenters. The van der Waals surface area contributed by atoms with Crippen molar-refractivity contribution in [3.63, 3.8) is 0 Å². The molecule has 0 spiro atoms. The van der Waals surface area contributed by atoms with Crippen molar-refractivity contribution in [1.29, 1.82) is 0 Å². The number of benzene rings is 1. The van der Waals surface area contributed by atoms with Crippen LogP contribution in [0.4, 0.5) is 5.69 Å². The lowest BCUT2D eigenvalue weighted by Gasteiger charge is -2.16. The summed E-state index contributed by atoms with van der Waals surface area (Å²) in [5.74, 6) is 0.564. The highest BCUT2D eigenvalue weighted by Crippen LogP contribution is 2.39. The van der Waals surface area contributed by atoms with Gasteiger partial charge in [-0.1, -0.05) is 32.9 Å². The van der Waals surface area contributed by atoms with E-state index in [1.165, 1.54) is 0 Å². The number of likely N-dealkylation sites (N-methyl/N-ethyl adjacent to an activating group) is 1. The van der Waals surface area contributed by atoms with E-state index in [2.05, 4.69) is 13.8 Å². The molecule has 1 aliphatic rings. The van der Waals surface area contributed by atoms with Gasteiger partial charge in [0.2, 0.25) is 5.91 Å². The summed E-state index contributed by atoms with van der Waals surface area (Å²) in [4.78, 5) is 13.8. The van der Waals surface area contributed by atoms with Gasteiger partial charge in [-0.2, -0.15) is 0 Å². The maximum absolute atomic E-state index is 12.1. The maximum atomic E-state index is 12.1. The minimum absolute atomic E-state index is 0.0498. The number of aliphatic hydroxyl groups excluding tert-OH is 1. The van der Waals surface area contributed by atoms with E-state index >= 15 is 0 Å². The summed E-state index contributed by atoms with van der Waals surface area (Å²) in [6.45, 7) is 6.23. The molecule has 19 heavy (non-hydrogen) atoms. The second-order valence-electron chi connectivity index (χ2n) is 5.82. The van der Waals surface area contributed by atoms with E-state index in [9.17, 15) is 9.90 Å². The molecule has 0 fully saturated rings. The molecular formula is C16H23NO2.